The van der Waals surface area contributed by atoms with Crippen LogP contribution >= 0.6 is 0 Å². The second-order valence-electron chi connectivity index (χ2n) is 7.05. The molecule has 0 fully saturated rings. The molecule has 0 unspecified atom stereocenters. The van der Waals surface area contributed by atoms with E-state index in [0.717, 1.165) is 11.1 Å². The fraction of sp³-hybridized carbons (Fsp3) is 0.0769. The minimum atomic E-state index is -0.238. The molecule has 0 aromatic heterocycles. The van der Waals surface area contributed by atoms with Crippen LogP contribution < -0.4 is 10.6 Å². The van der Waals surface area contributed by atoms with Crippen molar-refractivity contribution >= 4 is 35.3 Å². The van der Waals surface area contributed by atoms with Gasteiger partial charge in [-0.05, 0) is 55.3 Å². The lowest BCUT2D eigenvalue weighted by Crippen LogP contribution is -2.10. The Balaban J connectivity index is 1.57. The lowest BCUT2D eigenvalue weighted by Gasteiger charge is -2.06. The van der Waals surface area contributed by atoms with Gasteiger partial charge < -0.3 is 10.6 Å². The summed E-state index contributed by atoms with van der Waals surface area (Å²) in [7, 11) is 0. The van der Waals surface area contributed by atoms with Crippen molar-refractivity contribution in [1.82, 2.24) is 0 Å². The molecule has 2 amide bonds. The van der Waals surface area contributed by atoms with Gasteiger partial charge in [0.15, 0.2) is 0 Å². The van der Waals surface area contributed by atoms with Gasteiger partial charge in [-0.3, -0.25) is 9.59 Å². The summed E-state index contributed by atoms with van der Waals surface area (Å²) >= 11 is 0. The van der Waals surface area contributed by atoms with E-state index >= 15 is 0 Å². The Morgan fingerprint density at radius 1 is 0.633 bits per heavy atom. The Bertz CT molecular complexity index is 994. The maximum absolute atomic E-state index is 12.2. The van der Waals surface area contributed by atoms with E-state index in [2.05, 4.69) is 10.6 Å². The molecule has 30 heavy (non-hydrogen) atoms. The van der Waals surface area contributed by atoms with Gasteiger partial charge in [0.1, 0.15) is 0 Å². The summed E-state index contributed by atoms with van der Waals surface area (Å²) in [4.78, 5) is 24.3. The molecule has 0 heterocycles. The molecular formula is C26H24N2O2. The number of carbonyl (C=O) groups is 2. The van der Waals surface area contributed by atoms with Crippen molar-refractivity contribution in [2.45, 2.75) is 13.8 Å². The minimum absolute atomic E-state index is 0.238. The molecule has 3 aromatic carbocycles. The lowest BCUT2D eigenvalue weighted by molar-refractivity contribution is -0.112. The molecular weight excluding hydrogens is 372 g/mol. The van der Waals surface area contributed by atoms with E-state index in [1.165, 1.54) is 23.3 Å². The van der Waals surface area contributed by atoms with Gasteiger partial charge >= 0.3 is 0 Å². The third-order valence-electron chi connectivity index (χ3n) is 4.41. The predicted molar refractivity (Wildman–Crippen MR) is 124 cm³/mol. The van der Waals surface area contributed by atoms with Gasteiger partial charge in [0.2, 0.25) is 11.8 Å². The summed E-state index contributed by atoms with van der Waals surface area (Å²) < 4.78 is 0. The average molecular weight is 396 g/mol. The highest BCUT2D eigenvalue weighted by Crippen LogP contribution is 2.16. The normalized spacial score (nSPS) is 11.0. The van der Waals surface area contributed by atoms with E-state index in [-0.39, 0.29) is 11.8 Å². The van der Waals surface area contributed by atoms with Crippen molar-refractivity contribution in [3.8, 4) is 0 Å². The summed E-state index contributed by atoms with van der Waals surface area (Å²) in [6.45, 7) is 4.04. The van der Waals surface area contributed by atoms with Crippen LogP contribution in [0.3, 0.4) is 0 Å². The SMILES string of the molecule is Cc1ccc(/C=C/C(=O)Nc2cccc(NC(=O)/C=C/c3ccc(C)cc3)c2)cc1. The van der Waals surface area contributed by atoms with Crippen LogP contribution in [-0.4, -0.2) is 11.8 Å². The van der Waals surface area contributed by atoms with Crippen molar-refractivity contribution in [3.63, 3.8) is 0 Å². The van der Waals surface area contributed by atoms with Gasteiger partial charge in [0.05, 0.1) is 0 Å². The van der Waals surface area contributed by atoms with Crippen LogP contribution in [0, 0.1) is 13.8 Å². The largest absolute Gasteiger partial charge is 0.322 e. The van der Waals surface area contributed by atoms with E-state index in [1.807, 2.05) is 62.4 Å². The first-order chi connectivity index (χ1) is 14.5. The van der Waals surface area contributed by atoms with Crippen LogP contribution in [0.4, 0.5) is 11.4 Å². The first-order valence-corrected chi connectivity index (χ1v) is 9.69. The average Bonchev–Trinajstić information content (AvgIpc) is 2.73. The molecule has 0 aliphatic rings. The van der Waals surface area contributed by atoms with Crippen LogP contribution in [0.25, 0.3) is 12.2 Å². The maximum atomic E-state index is 12.2. The number of aryl methyl sites for hydroxylation is 2. The van der Waals surface area contributed by atoms with Crippen molar-refractivity contribution < 1.29 is 9.59 Å². The molecule has 4 heteroatoms. The number of hydrogen-bond donors (Lipinski definition) is 2. The van der Waals surface area contributed by atoms with Gasteiger partial charge in [0.25, 0.3) is 0 Å². The van der Waals surface area contributed by atoms with Gasteiger partial charge in [0, 0.05) is 23.5 Å². The van der Waals surface area contributed by atoms with E-state index in [4.69, 9.17) is 0 Å². The van der Waals surface area contributed by atoms with Crippen molar-refractivity contribution in [1.29, 1.82) is 0 Å². The Kier molecular flexibility index (Phi) is 6.95. The number of nitrogens with one attached hydrogen (secondary N) is 2. The number of benzene rings is 3. The van der Waals surface area contributed by atoms with Crippen LogP contribution in [0.5, 0.6) is 0 Å². The fourth-order valence-corrected chi connectivity index (χ4v) is 2.74. The highest BCUT2D eigenvalue weighted by atomic mass is 16.2. The van der Waals surface area contributed by atoms with Crippen LogP contribution in [0.15, 0.2) is 84.9 Å². The van der Waals surface area contributed by atoms with Gasteiger partial charge in [-0.25, -0.2) is 0 Å². The number of amides is 2. The molecule has 150 valence electrons. The third-order valence-corrected chi connectivity index (χ3v) is 4.41. The second-order valence-corrected chi connectivity index (χ2v) is 7.05. The highest BCUT2D eigenvalue weighted by Gasteiger charge is 2.02. The van der Waals surface area contributed by atoms with E-state index < -0.39 is 0 Å². The quantitative estimate of drug-likeness (QED) is 0.532. The van der Waals surface area contributed by atoms with E-state index in [1.54, 1.807) is 36.4 Å². The monoisotopic (exact) mass is 396 g/mol. The van der Waals surface area contributed by atoms with Crippen LogP contribution in [0.1, 0.15) is 22.3 Å². The molecule has 3 rings (SSSR count). The standard InChI is InChI=1S/C26H24N2O2/c1-19-6-10-21(11-7-19)14-16-25(29)27-23-4-3-5-24(18-23)28-26(30)17-15-22-12-8-20(2)9-13-22/h3-18H,1-2H3,(H,27,29)(H,28,30)/b16-14+,17-15+. The molecule has 4 nitrogen and oxygen atoms in total. The molecule has 0 aliphatic heterocycles. The zero-order chi connectivity index (χ0) is 21.3. The summed E-state index contributed by atoms with van der Waals surface area (Å²) in [5, 5.41) is 5.61. The fourth-order valence-electron chi connectivity index (χ4n) is 2.74. The van der Waals surface area contributed by atoms with Crippen molar-refractivity contribution in [2.24, 2.45) is 0 Å². The first-order valence-electron chi connectivity index (χ1n) is 9.69. The Morgan fingerprint density at radius 3 is 1.43 bits per heavy atom. The minimum Gasteiger partial charge on any atom is -0.322 e. The molecule has 0 bridgehead atoms. The van der Waals surface area contributed by atoms with Crippen molar-refractivity contribution in [3.05, 3.63) is 107 Å². The second kappa shape index (κ2) is 10.0. The van der Waals surface area contributed by atoms with E-state index in [0.29, 0.717) is 11.4 Å². The zero-order valence-corrected chi connectivity index (χ0v) is 17.1. The molecule has 0 saturated carbocycles. The van der Waals surface area contributed by atoms with E-state index in [9.17, 15) is 9.59 Å². The topological polar surface area (TPSA) is 58.2 Å². The molecule has 0 radical (unpaired) electrons. The number of hydrogen-bond acceptors (Lipinski definition) is 2. The molecule has 0 aliphatic carbocycles. The summed E-state index contributed by atoms with van der Waals surface area (Å²) in [5.74, 6) is -0.475. The van der Waals surface area contributed by atoms with Gasteiger partial charge in [-0.2, -0.15) is 0 Å². The van der Waals surface area contributed by atoms with Crippen LogP contribution in [-0.2, 0) is 9.59 Å². The number of anilines is 2. The Morgan fingerprint density at radius 2 is 1.03 bits per heavy atom. The third kappa shape index (κ3) is 6.60. The van der Waals surface area contributed by atoms with Crippen LogP contribution in [0.2, 0.25) is 0 Å². The summed E-state index contributed by atoms with van der Waals surface area (Å²) in [5.41, 5.74) is 5.46. The molecule has 0 spiro atoms. The predicted octanol–water partition coefficient (Wildman–Crippen LogP) is 5.61. The highest BCUT2D eigenvalue weighted by molar-refractivity contribution is 6.04. The molecule has 0 atom stereocenters. The Hall–Kier alpha value is -3.92. The molecule has 3 aromatic rings. The lowest BCUT2D eigenvalue weighted by atomic mass is 10.1. The van der Waals surface area contributed by atoms with Gasteiger partial charge in [-0.15, -0.1) is 0 Å². The number of rotatable bonds is 6. The molecule has 0 saturated heterocycles. The maximum Gasteiger partial charge on any atom is 0.248 e. The summed E-state index contributed by atoms with van der Waals surface area (Å²) in [6, 6.07) is 22.9. The smallest absolute Gasteiger partial charge is 0.248 e. The molecule has 2 N–H and O–H groups in total. The first kappa shape index (κ1) is 20.8. The zero-order valence-electron chi connectivity index (χ0n) is 17.1. The van der Waals surface area contributed by atoms with Crippen molar-refractivity contribution in [2.75, 3.05) is 10.6 Å². The van der Waals surface area contributed by atoms with Gasteiger partial charge in [-0.1, -0.05) is 65.7 Å². The number of carbonyl (C=O) groups excluding carboxylic acids is 2. The summed E-state index contributed by atoms with van der Waals surface area (Å²) in [6.07, 6.45) is 6.49. The Labute approximate surface area is 177 Å².